The van der Waals surface area contributed by atoms with Gasteiger partial charge in [-0.15, -0.1) is 11.3 Å². The molecule has 1 saturated carbocycles. The van der Waals surface area contributed by atoms with E-state index in [1.165, 1.54) is 32.1 Å². The van der Waals surface area contributed by atoms with Gasteiger partial charge in [-0.1, -0.05) is 30.9 Å². The first-order valence-corrected chi connectivity index (χ1v) is 7.26. The van der Waals surface area contributed by atoms with Crippen LogP contribution < -0.4 is 5.32 Å². The zero-order valence-electron chi connectivity index (χ0n) is 9.45. The molecule has 1 fully saturated rings. The first kappa shape index (κ1) is 11.2. The molecular formula is C12H14ClN3S. The summed E-state index contributed by atoms with van der Waals surface area (Å²) in [6.45, 7) is 0. The van der Waals surface area contributed by atoms with Crippen LogP contribution in [0, 0.1) is 0 Å². The number of aromatic nitrogens is 2. The van der Waals surface area contributed by atoms with Gasteiger partial charge < -0.3 is 5.32 Å². The summed E-state index contributed by atoms with van der Waals surface area (Å²) in [6, 6.07) is 2.48. The smallest absolute Gasteiger partial charge is 0.225 e. The van der Waals surface area contributed by atoms with Crippen LogP contribution in [-0.4, -0.2) is 16.0 Å². The van der Waals surface area contributed by atoms with E-state index in [2.05, 4.69) is 15.3 Å². The van der Waals surface area contributed by atoms with Gasteiger partial charge in [0.1, 0.15) is 9.98 Å². The van der Waals surface area contributed by atoms with E-state index in [0.29, 0.717) is 17.1 Å². The van der Waals surface area contributed by atoms with Crippen LogP contribution in [-0.2, 0) is 0 Å². The lowest BCUT2D eigenvalue weighted by Crippen LogP contribution is -2.23. The van der Waals surface area contributed by atoms with Gasteiger partial charge in [-0.05, 0) is 24.3 Å². The highest BCUT2D eigenvalue weighted by Crippen LogP contribution is 2.27. The van der Waals surface area contributed by atoms with Crippen LogP contribution in [0.5, 0.6) is 0 Å². The molecule has 1 aliphatic rings. The second-order valence-corrected chi connectivity index (χ2v) is 5.71. The summed E-state index contributed by atoms with van der Waals surface area (Å²) in [6.07, 6.45) is 6.37. The number of thiophene rings is 1. The molecule has 0 unspecified atom stereocenters. The molecule has 5 heteroatoms. The minimum Gasteiger partial charge on any atom is -0.351 e. The van der Waals surface area contributed by atoms with Crippen LogP contribution in [0.3, 0.4) is 0 Å². The summed E-state index contributed by atoms with van der Waals surface area (Å²) in [5.41, 5.74) is 0. The fraction of sp³-hybridized carbons (Fsp3) is 0.500. The molecule has 17 heavy (non-hydrogen) atoms. The van der Waals surface area contributed by atoms with Crippen molar-refractivity contribution in [1.29, 1.82) is 0 Å². The molecule has 0 saturated heterocycles. The molecule has 0 amide bonds. The zero-order chi connectivity index (χ0) is 11.7. The van der Waals surface area contributed by atoms with E-state index >= 15 is 0 Å². The highest BCUT2D eigenvalue weighted by Gasteiger charge is 2.15. The molecule has 0 spiro atoms. The van der Waals surface area contributed by atoms with Crippen LogP contribution in [0.2, 0.25) is 5.15 Å². The van der Waals surface area contributed by atoms with Crippen molar-refractivity contribution in [2.75, 3.05) is 5.32 Å². The fourth-order valence-electron chi connectivity index (χ4n) is 2.31. The van der Waals surface area contributed by atoms with Crippen LogP contribution >= 0.6 is 22.9 Å². The molecule has 2 heterocycles. The van der Waals surface area contributed by atoms with Gasteiger partial charge in [-0.2, -0.15) is 0 Å². The Morgan fingerprint density at radius 3 is 2.88 bits per heavy atom. The SMILES string of the molecule is Clc1nc(NC2CCCCC2)nc2sccc12. The molecule has 0 radical (unpaired) electrons. The molecule has 0 atom stereocenters. The van der Waals surface area contributed by atoms with Crippen molar-refractivity contribution in [3.05, 3.63) is 16.6 Å². The van der Waals surface area contributed by atoms with Crippen LogP contribution in [0.1, 0.15) is 32.1 Å². The third-order valence-corrected chi connectivity index (χ3v) is 4.31. The molecular weight excluding hydrogens is 254 g/mol. The molecule has 3 nitrogen and oxygen atoms in total. The minimum atomic E-state index is 0.511. The summed E-state index contributed by atoms with van der Waals surface area (Å²) in [5, 5.41) is 6.90. The molecule has 0 bridgehead atoms. The molecule has 0 aromatic carbocycles. The van der Waals surface area contributed by atoms with Gasteiger partial charge in [0.25, 0.3) is 0 Å². The maximum atomic E-state index is 6.14. The van der Waals surface area contributed by atoms with E-state index in [9.17, 15) is 0 Å². The summed E-state index contributed by atoms with van der Waals surface area (Å²) in [7, 11) is 0. The van der Waals surface area contributed by atoms with E-state index < -0.39 is 0 Å². The normalized spacial score (nSPS) is 17.5. The van der Waals surface area contributed by atoms with Crippen molar-refractivity contribution < 1.29 is 0 Å². The highest BCUT2D eigenvalue weighted by atomic mass is 35.5. The lowest BCUT2D eigenvalue weighted by Gasteiger charge is -2.22. The summed E-state index contributed by atoms with van der Waals surface area (Å²) >= 11 is 7.74. The molecule has 90 valence electrons. The molecule has 2 aromatic heterocycles. The molecule has 1 N–H and O–H groups in total. The Morgan fingerprint density at radius 1 is 1.24 bits per heavy atom. The predicted molar refractivity (Wildman–Crippen MR) is 72.9 cm³/mol. The first-order valence-electron chi connectivity index (χ1n) is 6.00. The Hall–Kier alpha value is -0.870. The Labute approximate surface area is 109 Å². The maximum absolute atomic E-state index is 6.14. The first-order chi connectivity index (χ1) is 8.33. The van der Waals surface area contributed by atoms with E-state index in [1.54, 1.807) is 11.3 Å². The van der Waals surface area contributed by atoms with E-state index in [0.717, 1.165) is 10.2 Å². The average molecular weight is 268 g/mol. The number of nitrogens with zero attached hydrogens (tertiary/aromatic N) is 2. The van der Waals surface area contributed by atoms with E-state index in [4.69, 9.17) is 11.6 Å². The van der Waals surface area contributed by atoms with E-state index in [1.807, 2.05) is 11.4 Å². The maximum Gasteiger partial charge on any atom is 0.225 e. The Morgan fingerprint density at radius 2 is 2.06 bits per heavy atom. The topological polar surface area (TPSA) is 37.8 Å². The van der Waals surface area contributed by atoms with Gasteiger partial charge in [-0.25, -0.2) is 9.97 Å². The third kappa shape index (κ3) is 2.38. The number of hydrogen-bond donors (Lipinski definition) is 1. The number of rotatable bonds is 2. The third-order valence-electron chi connectivity index (χ3n) is 3.22. The summed E-state index contributed by atoms with van der Waals surface area (Å²) in [5.74, 6) is 0.678. The lowest BCUT2D eigenvalue weighted by molar-refractivity contribution is 0.461. The largest absolute Gasteiger partial charge is 0.351 e. The highest BCUT2D eigenvalue weighted by molar-refractivity contribution is 7.16. The van der Waals surface area contributed by atoms with Gasteiger partial charge in [0.15, 0.2) is 0 Å². The van der Waals surface area contributed by atoms with Crippen molar-refractivity contribution in [2.45, 2.75) is 38.1 Å². The second-order valence-electron chi connectivity index (χ2n) is 4.46. The molecule has 0 aliphatic heterocycles. The monoisotopic (exact) mass is 267 g/mol. The van der Waals surface area contributed by atoms with Gasteiger partial charge >= 0.3 is 0 Å². The quantitative estimate of drug-likeness (QED) is 0.833. The Bertz CT molecular complexity index is 519. The van der Waals surface area contributed by atoms with Crippen molar-refractivity contribution in [3.8, 4) is 0 Å². The van der Waals surface area contributed by atoms with Crippen LogP contribution in [0.15, 0.2) is 11.4 Å². The van der Waals surface area contributed by atoms with Crippen LogP contribution in [0.25, 0.3) is 10.2 Å². The van der Waals surface area contributed by atoms with Gasteiger partial charge in [0, 0.05) is 11.4 Å². The minimum absolute atomic E-state index is 0.511. The number of hydrogen-bond acceptors (Lipinski definition) is 4. The number of anilines is 1. The average Bonchev–Trinajstić information content (AvgIpc) is 2.79. The predicted octanol–water partition coefficient (Wildman–Crippen LogP) is 4.09. The Balaban J connectivity index is 1.84. The number of nitrogens with one attached hydrogen (secondary N) is 1. The van der Waals surface area contributed by atoms with Crippen LogP contribution in [0.4, 0.5) is 5.95 Å². The summed E-state index contributed by atoms with van der Waals surface area (Å²) < 4.78 is 0. The van der Waals surface area contributed by atoms with E-state index in [-0.39, 0.29) is 0 Å². The molecule has 2 aromatic rings. The lowest BCUT2D eigenvalue weighted by atomic mass is 9.96. The van der Waals surface area contributed by atoms with Crippen molar-refractivity contribution >= 4 is 39.1 Å². The van der Waals surface area contributed by atoms with Gasteiger partial charge in [0.2, 0.25) is 5.95 Å². The van der Waals surface area contributed by atoms with Crippen molar-refractivity contribution in [2.24, 2.45) is 0 Å². The van der Waals surface area contributed by atoms with Crippen molar-refractivity contribution in [3.63, 3.8) is 0 Å². The fourth-order valence-corrected chi connectivity index (χ4v) is 3.37. The molecule has 1 aliphatic carbocycles. The summed E-state index contributed by atoms with van der Waals surface area (Å²) in [4.78, 5) is 9.78. The second kappa shape index (κ2) is 4.78. The zero-order valence-corrected chi connectivity index (χ0v) is 11.0. The Kier molecular flexibility index (Phi) is 3.16. The van der Waals surface area contributed by atoms with Gasteiger partial charge in [0.05, 0.1) is 0 Å². The van der Waals surface area contributed by atoms with Gasteiger partial charge in [-0.3, -0.25) is 0 Å². The molecule has 3 rings (SSSR count). The van der Waals surface area contributed by atoms with Crippen molar-refractivity contribution in [1.82, 2.24) is 9.97 Å². The standard InChI is InChI=1S/C12H14ClN3S/c13-10-9-6-7-17-11(9)16-12(15-10)14-8-4-2-1-3-5-8/h6-8H,1-5H2,(H,14,15,16). The number of fused-ring (bicyclic) bond motifs is 1. The number of halogens is 1.